The summed E-state index contributed by atoms with van der Waals surface area (Å²) in [5, 5.41) is 6.60. The third-order valence-corrected chi connectivity index (χ3v) is 4.33. The standard InChI is InChI=1S/C13H13BrN2OS/c14-10-3-1-9(2-4-10)13-16-12(8-18-13)11-7-17-6-5-15-11/h1-4,8,11,15H,5-7H2. The third kappa shape index (κ3) is 2.64. The molecular formula is C13H13BrN2OS. The summed E-state index contributed by atoms with van der Waals surface area (Å²) in [7, 11) is 0. The molecule has 1 unspecified atom stereocenters. The molecule has 2 heterocycles. The molecule has 1 fully saturated rings. The van der Waals surface area contributed by atoms with Crippen molar-refractivity contribution in [1.29, 1.82) is 0 Å². The van der Waals surface area contributed by atoms with Crippen molar-refractivity contribution in [3.05, 3.63) is 39.8 Å². The Balaban J connectivity index is 1.82. The molecule has 1 saturated heterocycles. The molecule has 0 saturated carbocycles. The summed E-state index contributed by atoms with van der Waals surface area (Å²) < 4.78 is 6.55. The molecule has 3 nitrogen and oxygen atoms in total. The van der Waals surface area contributed by atoms with E-state index in [9.17, 15) is 0 Å². The van der Waals surface area contributed by atoms with E-state index in [0.29, 0.717) is 6.61 Å². The summed E-state index contributed by atoms with van der Waals surface area (Å²) in [6.07, 6.45) is 0. The summed E-state index contributed by atoms with van der Waals surface area (Å²) in [5.74, 6) is 0. The minimum Gasteiger partial charge on any atom is -0.378 e. The van der Waals surface area contributed by atoms with Gasteiger partial charge in [0.1, 0.15) is 5.01 Å². The van der Waals surface area contributed by atoms with Crippen molar-refractivity contribution in [2.45, 2.75) is 6.04 Å². The number of hydrogen-bond donors (Lipinski definition) is 1. The molecule has 0 amide bonds. The van der Waals surface area contributed by atoms with Gasteiger partial charge in [-0.2, -0.15) is 0 Å². The van der Waals surface area contributed by atoms with E-state index in [2.05, 4.69) is 38.8 Å². The second kappa shape index (κ2) is 5.48. The van der Waals surface area contributed by atoms with Gasteiger partial charge in [0.2, 0.25) is 0 Å². The van der Waals surface area contributed by atoms with Gasteiger partial charge in [0.05, 0.1) is 24.9 Å². The highest BCUT2D eigenvalue weighted by molar-refractivity contribution is 9.10. The first-order valence-corrected chi connectivity index (χ1v) is 7.53. The highest BCUT2D eigenvalue weighted by Gasteiger charge is 2.18. The molecule has 18 heavy (non-hydrogen) atoms. The molecule has 1 aromatic heterocycles. The van der Waals surface area contributed by atoms with Gasteiger partial charge >= 0.3 is 0 Å². The maximum absolute atomic E-state index is 5.46. The van der Waals surface area contributed by atoms with E-state index < -0.39 is 0 Å². The number of hydrogen-bond acceptors (Lipinski definition) is 4. The largest absolute Gasteiger partial charge is 0.378 e. The van der Waals surface area contributed by atoms with Crippen LogP contribution in [0.3, 0.4) is 0 Å². The minimum absolute atomic E-state index is 0.235. The van der Waals surface area contributed by atoms with Gasteiger partial charge < -0.3 is 10.1 Å². The molecule has 1 N–H and O–H groups in total. The number of nitrogens with one attached hydrogen (secondary N) is 1. The topological polar surface area (TPSA) is 34.1 Å². The average Bonchev–Trinajstić information content (AvgIpc) is 2.90. The van der Waals surface area contributed by atoms with Crippen molar-refractivity contribution in [1.82, 2.24) is 10.3 Å². The highest BCUT2D eigenvalue weighted by Crippen LogP contribution is 2.27. The molecule has 1 aliphatic rings. The van der Waals surface area contributed by atoms with E-state index in [0.717, 1.165) is 33.9 Å². The predicted octanol–water partition coefficient (Wildman–Crippen LogP) is 3.23. The summed E-state index contributed by atoms with van der Waals surface area (Å²) >= 11 is 5.12. The van der Waals surface area contributed by atoms with Crippen LogP contribution < -0.4 is 5.32 Å². The molecule has 94 valence electrons. The van der Waals surface area contributed by atoms with E-state index in [1.807, 2.05) is 12.1 Å². The van der Waals surface area contributed by atoms with Crippen LogP contribution in [-0.4, -0.2) is 24.7 Å². The number of ether oxygens (including phenoxy) is 1. The van der Waals surface area contributed by atoms with Gasteiger partial charge in [0.15, 0.2) is 0 Å². The first kappa shape index (κ1) is 12.3. The normalized spacial score (nSPS) is 19.9. The number of rotatable bonds is 2. The van der Waals surface area contributed by atoms with Crippen molar-refractivity contribution in [3.63, 3.8) is 0 Å². The van der Waals surface area contributed by atoms with E-state index in [4.69, 9.17) is 9.72 Å². The van der Waals surface area contributed by atoms with Gasteiger partial charge in [-0.3, -0.25) is 0 Å². The monoisotopic (exact) mass is 324 g/mol. The van der Waals surface area contributed by atoms with Crippen molar-refractivity contribution in [2.24, 2.45) is 0 Å². The SMILES string of the molecule is Brc1ccc(-c2nc(C3COCCN3)cs2)cc1. The van der Waals surface area contributed by atoms with Crippen molar-refractivity contribution in [2.75, 3.05) is 19.8 Å². The van der Waals surface area contributed by atoms with Crippen LogP contribution in [0.4, 0.5) is 0 Å². The Kier molecular flexibility index (Phi) is 3.75. The van der Waals surface area contributed by atoms with Crippen LogP contribution in [0.25, 0.3) is 10.6 Å². The van der Waals surface area contributed by atoms with E-state index in [1.165, 1.54) is 0 Å². The summed E-state index contributed by atoms with van der Waals surface area (Å²) in [6.45, 7) is 2.40. The second-order valence-corrected chi connectivity index (χ2v) is 5.94. The van der Waals surface area contributed by atoms with Crippen molar-refractivity contribution >= 4 is 27.3 Å². The molecule has 0 bridgehead atoms. The Morgan fingerprint density at radius 3 is 2.89 bits per heavy atom. The van der Waals surface area contributed by atoms with Crippen LogP contribution in [0, 0.1) is 0 Å². The van der Waals surface area contributed by atoms with Crippen LogP contribution in [0.2, 0.25) is 0 Å². The number of aromatic nitrogens is 1. The summed E-state index contributed by atoms with van der Waals surface area (Å²) in [4.78, 5) is 4.69. The zero-order valence-electron chi connectivity index (χ0n) is 9.73. The fourth-order valence-corrected chi connectivity index (χ4v) is 3.07. The molecule has 0 aliphatic carbocycles. The van der Waals surface area contributed by atoms with E-state index in [1.54, 1.807) is 11.3 Å². The maximum atomic E-state index is 5.46. The van der Waals surface area contributed by atoms with Gasteiger partial charge in [-0.1, -0.05) is 28.1 Å². The zero-order chi connectivity index (χ0) is 12.4. The lowest BCUT2D eigenvalue weighted by Gasteiger charge is -2.21. The van der Waals surface area contributed by atoms with Crippen LogP contribution in [-0.2, 0) is 4.74 Å². The molecule has 2 aromatic rings. The molecule has 0 radical (unpaired) electrons. The Labute approximate surface area is 118 Å². The molecule has 1 aliphatic heterocycles. The maximum Gasteiger partial charge on any atom is 0.123 e. The smallest absolute Gasteiger partial charge is 0.123 e. The number of thiazole rings is 1. The molecular weight excluding hydrogens is 312 g/mol. The highest BCUT2D eigenvalue weighted by atomic mass is 79.9. The Morgan fingerprint density at radius 2 is 2.17 bits per heavy atom. The molecule has 3 rings (SSSR count). The zero-order valence-corrected chi connectivity index (χ0v) is 12.1. The van der Waals surface area contributed by atoms with Gasteiger partial charge in [-0.25, -0.2) is 4.98 Å². The van der Waals surface area contributed by atoms with E-state index >= 15 is 0 Å². The quantitative estimate of drug-likeness (QED) is 0.920. The molecule has 5 heteroatoms. The fraction of sp³-hybridized carbons (Fsp3) is 0.308. The van der Waals surface area contributed by atoms with Crippen LogP contribution in [0.15, 0.2) is 34.1 Å². The lowest BCUT2D eigenvalue weighted by Crippen LogP contribution is -2.34. The number of morpholine rings is 1. The van der Waals surface area contributed by atoms with Gasteiger partial charge in [-0.05, 0) is 12.1 Å². The Bertz CT molecular complexity index is 520. The lowest BCUT2D eigenvalue weighted by molar-refractivity contribution is 0.0758. The first-order chi connectivity index (χ1) is 8.83. The van der Waals surface area contributed by atoms with Crippen LogP contribution in [0.5, 0.6) is 0 Å². The number of halogens is 1. The van der Waals surface area contributed by atoms with Gasteiger partial charge in [0, 0.05) is 22.0 Å². The van der Waals surface area contributed by atoms with Crippen molar-refractivity contribution in [3.8, 4) is 10.6 Å². The Morgan fingerprint density at radius 1 is 1.33 bits per heavy atom. The van der Waals surface area contributed by atoms with E-state index in [-0.39, 0.29) is 6.04 Å². The molecule has 1 aromatic carbocycles. The first-order valence-electron chi connectivity index (χ1n) is 5.85. The lowest BCUT2D eigenvalue weighted by atomic mass is 10.2. The number of nitrogens with zero attached hydrogens (tertiary/aromatic N) is 1. The molecule has 0 spiro atoms. The third-order valence-electron chi connectivity index (χ3n) is 2.89. The minimum atomic E-state index is 0.235. The Hall–Kier alpha value is -0.750. The average molecular weight is 325 g/mol. The second-order valence-electron chi connectivity index (χ2n) is 4.17. The number of benzene rings is 1. The molecule has 1 atom stereocenters. The predicted molar refractivity (Wildman–Crippen MR) is 76.8 cm³/mol. The van der Waals surface area contributed by atoms with Crippen LogP contribution in [0.1, 0.15) is 11.7 Å². The summed E-state index contributed by atoms with van der Waals surface area (Å²) in [6, 6.07) is 8.48. The van der Waals surface area contributed by atoms with Crippen molar-refractivity contribution < 1.29 is 4.74 Å². The van der Waals surface area contributed by atoms with Gasteiger partial charge in [0.25, 0.3) is 0 Å². The van der Waals surface area contributed by atoms with Crippen LogP contribution >= 0.6 is 27.3 Å². The summed E-state index contributed by atoms with van der Waals surface area (Å²) in [5.41, 5.74) is 2.24. The fourth-order valence-electron chi connectivity index (χ4n) is 1.93. The van der Waals surface area contributed by atoms with Gasteiger partial charge in [-0.15, -0.1) is 11.3 Å².